The van der Waals surface area contributed by atoms with Gasteiger partial charge < -0.3 is 0 Å². The summed E-state index contributed by atoms with van der Waals surface area (Å²) in [6, 6.07) is 18.8. The van der Waals surface area contributed by atoms with Gasteiger partial charge in [0.1, 0.15) is 0 Å². The van der Waals surface area contributed by atoms with E-state index >= 15 is 0 Å². The Labute approximate surface area is 144 Å². The fourth-order valence-electron chi connectivity index (χ4n) is 3.55. The molecule has 0 saturated heterocycles. The van der Waals surface area contributed by atoms with Crippen molar-refractivity contribution in [2.75, 3.05) is 0 Å². The third-order valence-electron chi connectivity index (χ3n) is 4.65. The highest BCUT2D eigenvalue weighted by Crippen LogP contribution is 2.43. The smallest absolute Gasteiger partial charge is 0.202 e. The zero-order valence-electron chi connectivity index (χ0n) is 14.6. The highest BCUT2D eigenvalue weighted by atomic mass is 14.7. The topological polar surface area (TPSA) is 4.36 Å². The van der Waals surface area contributed by atoms with Crippen molar-refractivity contribution in [1.82, 2.24) is 0 Å². The van der Waals surface area contributed by atoms with E-state index in [2.05, 4.69) is 87.1 Å². The number of nitrogens with zero attached hydrogens (tertiary/aromatic N) is 1. The zero-order valence-corrected chi connectivity index (χ0v) is 14.6. The molecule has 0 spiro atoms. The van der Waals surface area contributed by atoms with E-state index in [1.807, 2.05) is 0 Å². The van der Waals surface area contributed by atoms with Gasteiger partial charge in [-0.2, -0.15) is 0 Å². The summed E-state index contributed by atoms with van der Waals surface area (Å²) >= 11 is 0. The van der Waals surface area contributed by atoms with Crippen molar-refractivity contribution in [2.45, 2.75) is 27.7 Å². The van der Waals surface area contributed by atoms with E-state index in [9.17, 15) is 0 Å². The molecule has 0 atom stereocenters. The lowest BCUT2D eigenvalue weighted by Crippen LogP contribution is -1.92. The van der Waals surface area contributed by atoms with Crippen LogP contribution >= 0.6 is 0 Å². The SMILES string of the molecule is [C-]#[N+]c1c(-c2c(C)cccc2C)cccc1-c1c(C)cccc1C. The predicted octanol–water partition coefficient (Wildman–Crippen LogP) is 6.81. The van der Waals surface area contributed by atoms with E-state index in [0.717, 1.165) is 16.8 Å². The van der Waals surface area contributed by atoms with Crippen LogP contribution < -0.4 is 0 Å². The van der Waals surface area contributed by atoms with E-state index in [0.29, 0.717) is 0 Å². The van der Waals surface area contributed by atoms with Crippen molar-refractivity contribution < 1.29 is 0 Å². The molecule has 0 fully saturated rings. The predicted molar refractivity (Wildman–Crippen MR) is 103 cm³/mol. The van der Waals surface area contributed by atoms with Crippen LogP contribution in [0.15, 0.2) is 54.6 Å². The Bertz CT molecular complexity index is 848. The van der Waals surface area contributed by atoms with Gasteiger partial charge in [-0.15, -0.1) is 0 Å². The second-order valence-corrected chi connectivity index (χ2v) is 6.35. The number of rotatable bonds is 2. The first-order chi connectivity index (χ1) is 11.5. The van der Waals surface area contributed by atoms with Crippen LogP contribution in [-0.4, -0.2) is 0 Å². The molecule has 0 heterocycles. The monoisotopic (exact) mass is 311 g/mol. The van der Waals surface area contributed by atoms with Gasteiger partial charge in [0.15, 0.2) is 0 Å². The maximum absolute atomic E-state index is 7.83. The lowest BCUT2D eigenvalue weighted by molar-refractivity contribution is 1.37. The molecular weight excluding hydrogens is 290 g/mol. The first kappa shape index (κ1) is 16.0. The molecule has 0 amide bonds. The standard InChI is InChI=1S/C23H21N/c1-15-9-6-10-16(2)21(15)19-13-8-14-20(23(19)24-5)22-17(3)11-7-12-18(22)4/h6-14H,1-4H3. The van der Waals surface area contributed by atoms with Crippen LogP contribution in [0, 0.1) is 34.3 Å². The molecule has 3 aromatic carbocycles. The third kappa shape index (κ3) is 2.61. The molecule has 0 bridgehead atoms. The van der Waals surface area contributed by atoms with E-state index in [1.165, 1.54) is 33.4 Å². The van der Waals surface area contributed by atoms with E-state index in [1.54, 1.807) is 0 Å². The highest BCUT2D eigenvalue weighted by molar-refractivity contribution is 5.94. The Balaban J connectivity index is 2.36. The Hall–Kier alpha value is -2.85. The Morgan fingerprint density at radius 1 is 0.583 bits per heavy atom. The maximum Gasteiger partial charge on any atom is 0.202 e. The van der Waals surface area contributed by atoms with Crippen LogP contribution in [0.4, 0.5) is 5.69 Å². The number of benzene rings is 3. The van der Waals surface area contributed by atoms with Crippen molar-refractivity contribution >= 4 is 5.69 Å². The summed E-state index contributed by atoms with van der Waals surface area (Å²) < 4.78 is 0. The van der Waals surface area contributed by atoms with Gasteiger partial charge >= 0.3 is 0 Å². The van der Waals surface area contributed by atoms with Crippen molar-refractivity contribution in [1.29, 1.82) is 0 Å². The second kappa shape index (κ2) is 6.34. The molecule has 118 valence electrons. The summed E-state index contributed by atoms with van der Waals surface area (Å²) in [5, 5.41) is 0. The number of aryl methyl sites for hydroxylation is 4. The molecule has 24 heavy (non-hydrogen) atoms. The molecule has 3 rings (SSSR count). The lowest BCUT2D eigenvalue weighted by atomic mass is 9.89. The minimum Gasteiger partial charge on any atom is -0.237 e. The van der Waals surface area contributed by atoms with Gasteiger partial charge in [0.25, 0.3) is 0 Å². The summed E-state index contributed by atoms with van der Waals surface area (Å²) in [7, 11) is 0. The third-order valence-corrected chi connectivity index (χ3v) is 4.65. The van der Waals surface area contributed by atoms with Crippen LogP contribution in [0.25, 0.3) is 27.1 Å². The second-order valence-electron chi connectivity index (χ2n) is 6.35. The first-order valence-corrected chi connectivity index (χ1v) is 8.18. The maximum atomic E-state index is 7.83. The van der Waals surface area contributed by atoms with Crippen molar-refractivity contribution in [3.8, 4) is 22.3 Å². The summed E-state index contributed by atoms with van der Waals surface area (Å²) in [6.45, 7) is 16.3. The number of para-hydroxylation sites is 1. The highest BCUT2D eigenvalue weighted by Gasteiger charge is 2.16. The summed E-state index contributed by atoms with van der Waals surface area (Å²) in [6.07, 6.45) is 0. The van der Waals surface area contributed by atoms with E-state index in [-0.39, 0.29) is 0 Å². The normalized spacial score (nSPS) is 10.5. The van der Waals surface area contributed by atoms with E-state index in [4.69, 9.17) is 6.57 Å². The Morgan fingerprint density at radius 2 is 0.917 bits per heavy atom. The molecule has 0 aliphatic heterocycles. The van der Waals surface area contributed by atoms with Gasteiger partial charge in [-0.05, 0) is 72.2 Å². The number of hydrogen-bond acceptors (Lipinski definition) is 0. The van der Waals surface area contributed by atoms with Crippen molar-refractivity contribution in [2.24, 2.45) is 0 Å². The molecule has 0 unspecified atom stereocenters. The zero-order chi connectivity index (χ0) is 17.3. The summed E-state index contributed by atoms with van der Waals surface area (Å²) in [5.41, 5.74) is 9.98. The Morgan fingerprint density at radius 3 is 1.25 bits per heavy atom. The minimum atomic E-state index is 0.743. The molecule has 1 nitrogen and oxygen atoms in total. The molecule has 3 aromatic rings. The lowest BCUT2D eigenvalue weighted by Gasteiger charge is -2.17. The molecule has 0 radical (unpaired) electrons. The average Bonchev–Trinajstić information content (AvgIpc) is 2.55. The van der Waals surface area contributed by atoms with E-state index < -0.39 is 0 Å². The molecule has 1 heteroatoms. The molecule has 0 N–H and O–H groups in total. The van der Waals surface area contributed by atoms with Crippen LogP contribution in [0.2, 0.25) is 0 Å². The van der Waals surface area contributed by atoms with Gasteiger partial charge in [0.2, 0.25) is 5.69 Å². The molecule has 0 aromatic heterocycles. The fourth-order valence-corrected chi connectivity index (χ4v) is 3.55. The fraction of sp³-hybridized carbons (Fsp3) is 0.174. The minimum absolute atomic E-state index is 0.743. The van der Waals surface area contributed by atoms with Crippen molar-refractivity contribution in [3.63, 3.8) is 0 Å². The van der Waals surface area contributed by atoms with Gasteiger partial charge in [0.05, 0.1) is 6.57 Å². The van der Waals surface area contributed by atoms with Crippen LogP contribution in [0.3, 0.4) is 0 Å². The first-order valence-electron chi connectivity index (χ1n) is 8.18. The van der Waals surface area contributed by atoms with Crippen LogP contribution in [0.5, 0.6) is 0 Å². The molecule has 0 saturated carbocycles. The summed E-state index contributed by atoms with van der Waals surface area (Å²) in [4.78, 5) is 3.94. The Kier molecular flexibility index (Phi) is 4.23. The van der Waals surface area contributed by atoms with Crippen LogP contribution in [-0.2, 0) is 0 Å². The van der Waals surface area contributed by atoms with Gasteiger partial charge in [0, 0.05) is 0 Å². The summed E-state index contributed by atoms with van der Waals surface area (Å²) in [5.74, 6) is 0. The number of hydrogen-bond donors (Lipinski definition) is 0. The van der Waals surface area contributed by atoms with Gasteiger partial charge in [-0.3, -0.25) is 0 Å². The molecule has 0 aliphatic rings. The van der Waals surface area contributed by atoms with Crippen LogP contribution in [0.1, 0.15) is 22.3 Å². The van der Waals surface area contributed by atoms with Gasteiger partial charge in [-0.1, -0.05) is 54.6 Å². The molecule has 0 aliphatic carbocycles. The van der Waals surface area contributed by atoms with Crippen molar-refractivity contribution in [3.05, 3.63) is 88.3 Å². The largest absolute Gasteiger partial charge is 0.237 e. The average molecular weight is 311 g/mol. The van der Waals surface area contributed by atoms with Gasteiger partial charge in [-0.25, -0.2) is 4.85 Å². The quantitative estimate of drug-likeness (QED) is 0.458. The molecular formula is C23H21N.